The summed E-state index contributed by atoms with van der Waals surface area (Å²) in [5.74, 6) is -1.69. The lowest BCUT2D eigenvalue weighted by Crippen LogP contribution is -2.25. The quantitative estimate of drug-likeness (QED) is 0.674. The third-order valence-electron chi connectivity index (χ3n) is 1.61. The van der Waals surface area contributed by atoms with Gasteiger partial charge in [-0.25, -0.2) is 0 Å². The molecule has 1 rings (SSSR count). The van der Waals surface area contributed by atoms with Crippen LogP contribution in [0.5, 0.6) is 0 Å². The second-order valence-corrected chi connectivity index (χ2v) is 3.00. The Morgan fingerprint density at radius 1 is 1.40 bits per heavy atom. The van der Waals surface area contributed by atoms with Crippen molar-refractivity contribution < 1.29 is 14.7 Å². The maximum absolute atomic E-state index is 11.0. The number of aryl methyl sites for hydroxylation is 1. The van der Waals surface area contributed by atoms with Crippen molar-refractivity contribution in [3.8, 4) is 0 Å². The van der Waals surface area contributed by atoms with Gasteiger partial charge in [-0.15, -0.1) is 0 Å². The summed E-state index contributed by atoms with van der Waals surface area (Å²) in [5.41, 5.74) is 1.38. The third kappa shape index (κ3) is 4.17. The van der Waals surface area contributed by atoms with E-state index in [0.717, 1.165) is 5.69 Å². The molecular weight excluding hydrogens is 198 g/mol. The first-order valence-corrected chi connectivity index (χ1v) is 4.34. The number of carboxylic acid groups (broad SMARTS) is 1. The molecule has 0 radical (unpaired) electrons. The van der Waals surface area contributed by atoms with Crippen LogP contribution in [0.1, 0.15) is 17.8 Å². The zero-order valence-electron chi connectivity index (χ0n) is 8.23. The number of hydrogen-bond donors (Lipinski definition) is 2. The number of carbonyl (C=O) groups is 2. The lowest BCUT2D eigenvalue weighted by molar-refractivity contribution is -0.140. The molecule has 0 aromatic carbocycles. The summed E-state index contributed by atoms with van der Waals surface area (Å²) in [4.78, 5) is 29.1. The summed E-state index contributed by atoms with van der Waals surface area (Å²) >= 11 is 0. The van der Waals surface area contributed by atoms with Crippen molar-refractivity contribution in [2.24, 2.45) is 0 Å². The Kier molecular flexibility index (Phi) is 3.73. The van der Waals surface area contributed by atoms with Gasteiger partial charge in [-0.2, -0.15) is 0 Å². The fourth-order valence-corrected chi connectivity index (χ4v) is 0.900. The SMILES string of the molecule is Cc1cnc(CNC(=O)CC(=O)O)cn1. The first-order valence-electron chi connectivity index (χ1n) is 4.34. The number of carbonyl (C=O) groups excluding carboxylic acids is 1. The van der Waals surface area contributed by atoms with Gasteiger partial charge in [0, 0.05) is 6.20 Å². The Morgan fingerprint density at radius 3 is 2.67 bits per heavy atom. The van der Waals surface area contributed by atoms with E-state index < -0.39 is 18.3 Å². The van der Waals surface area contributed by atoms with E-state index in [1.54, 1.807) is 13.1 Å². The molecule has 0 spiro atoms. The summed E-state index contributed by atoms with van der Waals surface area (Å²) in [6.07, 6.45) is 2.59. The van der Waals surface area contributed by atoms with Gasteiger partial charge in [0.05, 0.1) is 24.1 Å². The summed E-state index contributed by atoms with van der Waals surface area (Å²) in [6, 6.07) is 0. The first kappa shape index (κ1) is 11.1. The number of rotatable bonds is 4. The van der Waals surface area contributed by atoms with Crippen LogP contribution < -0.4 is 5.32 Å². The Bertz CT molecular complexity index is 361. The lowest BCUT2D eigenvalue weighted by Gasteiger charge is -2.02. The number of amides is 1. The van der Waals surface area contributed by atoms with Crippen molar-refractivity contribution in [2.75, 3.05) is 0 Å². The van der Waals surface area contributed by atoms with Crippen molar-refractivity contribution >= 4 is 11.9 Å². The predicted molar refractivity (Wildman–Crippen MR) is 50.9 cm³/mol. The molecule has 0 saturated heterocycles. The molecule has 15 heavy (non-hydrogen) atoms. The number of hydrogen-bond acceptors (Lipinski definition) is 4. The second-order valence-electron chi connectivity index (χ2n) is 3.00. The molecule has 0 aliphatic carbocycles. The van der Waals surface area contributed by atoms with E-state index in [1.807, 2.05) is 0 Å². The Labute approximate surface area is 86.4 Å². The van der Waals surface area contributed by atoms with Crippen molar-refractivity contribution in [3.05, 3.63) is 23.8 Å². The molecule has 1 aromatic heterocycles. The van der Waals surface area contributed by atoms with E-state index in [2.05, 4.69) is 15.3 Å². The van der Waals surface area contributed by atoms with Gasteiger partial charge in [0.2, 0.25) is 5.91 Å². The normalized spacial score (nSPS) is 9.67. The van der Waals surface area contributed by atoms with Crippen LogP contribution in [-0.4, -0.2) is 27.0 Å². The predicted octanol–water partition coefficient (Wildman–Crippen LogP) is -0.124. The fourth-order valence-electron chi connectivity index (χ4n) is 0.900. The van der Waals surface area contributed by atoms with E-state index in [9.17, 15) is 9.59 Å². The minimum absolute atomic E-state index is 0.194. The molecule has 80 valence electrons. The molecule has 1 aromatic rings. The topological polar surface area (TPSA) is 92.2 Å². The minimum Gasteiger partial charge on any atom is -0.481 e. The average molecular weight is 209 g/mol. The minimum atomic E-state index is -1.15. The Hall–Kier alpha value is -1.98. The fraction of sp³-hybridized carbons (Fsp3) is 0.333. The molecule has 0 unspecified atom stereocenters. The van der Waals surface area contributed by atoms with Crippen molar-refractivity contribution in [2.45, 2.75) is 19.9 Å². The molecule has 0 aliphatic rings. The highest BCUT2D eigenvalue weighted by Gasteiger charge is 2.06. The van der Waals surface area contributed by atoms with Gasteiger partial charge in [0.25, 0.3) is 0 Å². The van der Waals surface area contributed by atoms with Crippen LogP contribution in [-0.2, 0) is 16.1 Å². The molecule has 0 atom stereocenters. The maximum atomic E-state index is 11.0. The summed E-state index contributed by atoms with van der Waals surface area (Å²) in [7, 11) is 0. The molecule has 0 saturated carbocycles. The molecule has 6 nitrogen and oxygen atoms in total. The molecule has 2 N–H and O–H groups in total. The zero-order valence-corrected chi connectivity index (χ0v) is 8.23. The summed E-state index contributed by atoms with van der Waals surface area (Å²) in [6.45, 7) is 2.00. The van der Waals surface area contributed by atoms with E-state index in [4.69, 9.17) is 5.11 Å². The molecule has 0 bridgehead atoms. The lowest BCUT2D eigenvalue weighted by atomic mass is 10.3. The number of aliphatic carboxylic acids is 1. The van der Waals surface area contributed by atoms with Gasteiger partial charge < -0.3 is 10.4 Å². The highest BCUT2D eigenvalue weighted by Crippen LogP contribution is 1.93. The number of nitrogens with zero attached hydrogens (tertiary/aromatic N) is 2. The second kappa shape index (κ2) is 5.04. The Balaban J connectivity index is 2.40. The molecule has 1 amide bonds. The van der Waals surface area contributed by atoms with E-state index >= 15 is 0 Å². The standard InChI is InChI=1S/C9H11N3O3/c1-6-3-11-7(4-10-6)5-12-8(13)2-9(14)15/h3-4H,2,5H2,1H3,(H,12,13)(H,14,15). The van der Waals surface area contributed by atoms with Crippen molar-refractivity contribution in [1.82, 2.24) is 15.3 Å². The van der Waals surface area contributed by atoms with Crippen LogP contribution in [0.4, 0.5) is 0 Å². The van der Waals surface area contributed by atoms with Crippen LogP contribution in [0, 0.1) is 6.92 Å². The van der Waals surface area contributed by atoms with Crippen LogP contribution in [0.15, 0.2) is 12.4 Å². The van der Waals surface area contributed by atoms with Crippen molar-refractivity contribution in [1.29, 1.82) is 0 Å². The van der Waals surface area contributed by atoms with E-state index in [-0.39, 0.29) is 6.54 Å². The molecular formula is C9H11N3O3. The highest BCUT2D eigenvalue weighted by molar-refractivity contribution is 5.93. The number of aromatic nitrogens is 2. The van der Waals surface area contributed by atoms with Gasteiger partial charge in [0.15, 0.2) is 0 Å². The first-order chi connectivity index (χ1) is 7.08. The molecule has 6 heteroatoms. The molecule has 1 heterocycles. The van der Waals surface area contributed by atoms with Gasteiger partial charge in [-0.3, -0.25) is 19.6 Å². The van der Waals surface area contributed by atoms with Crippen molar-refractivity contribution in [3.63, 3.8) is 0 Å². The average Bonchev–Trinajstić information content (AvgIpc) is 2.16. The Morgan fingerprint density at radius 2 is 2.13 bits per heavy atom. The summed E-state index contributed by atoms with van der Waals surface area (Å²) in [5, 5.41) is 10.8. The van der Waals surface area contributed by atoms with Crippen LogP contribution in [0.25, 0.3) is 0 Å². The highest BCUT2D eigenvalue weighted by atomic mass is 16.4. The maximum Gasteiger partial charge on any atom is 0.312 e. The summed E-state index contributed by atoms with van der Waals surface area (Å²) < 4.78 is 0. The van der Waals surface area contributed by atoms with Crippen LogP contribution in [0.2, 0.25) is 0 Å². The van der Waals surface area contributed by atoms with Crippen LogP contribution in [0.3, 0.4) is 0 Å². The largest absolute Gasteiger partial charge is 0.481 e. The van der Waals surface area contributed by atoms with Gasteiger partial charge in [-0.1, -0.05) is 0 Å². The van der Waals surface area contributed by atoms with E-state index in [1.165, 1.54) is 6.20 Å². The monoisotopic (exact) mass is 209 g/mol. The van der Waals surface area contributed by atoms with Gasteiger partial charge >= 0.3 is 5.97 Å². The number of nitrogens with one attached hydrogen (secondary N) is 1. The molecule has 0 fully saturated rings. The van der Waals surface area contributed by atoms with Crippen LogP contribution >= 0.6 is 0 Å². The third-order valence-corrected chi connectivity index (χ3v) is 1.61. The zero-order chi connectivity index (χ0) is 11.3. The van der Waals surface area contributed by atoms with Gasteiger partial charge in [0.1, 0.15) is 6.42 Å². The number of carboxylic acids is 1. The van der Waals surface area contributed by atoms with Gasteiger partial charge in [-0.05, 0) is 6.92 Å². The van der Waals surface area contributed by atoms with E-state index in [0.29, 0.717) is 5.69 Å². The molecule has 0 aliphatic heterocycles. The smallest absolute Gasteiger partial charge is 0.312 e.